The SMILES string of the molecule is C=C[C@@]12OC(C)(C)O[C@@H]1CC[C@]1(C)[C@@H](c3ccc4ccnc(Cl)c4c3)CC[C@H]12. The van der Waals surface area contributed by atoms with Crippen molar-refractivity contribution in [1.29, 1.82) is 0 Å². The highest BCUT2D eigenvalue weighted by Crippen LogP contribution is 2.66. The highest BCUT2D eigenvalue weighted by Gasteiger charge is 2.66. The van der Waals surface area contributed by atoms with Crippen LogP contribution in [0.3, 0.4) is 0 Å². The predicted octanol–water partition coefficient (Wildman–Crippen LogP) is 6.26. The summed E-state index contributed by atoms with van der Waals surface area (Å²) in [6.45, 7) is 10.7. The van der Waals surface area contributed by atoms with E-state index in [0.29, 0.717) is 17.0 Å². The fourth-order valence-corrected chi connectivity index (χ4v) is 6.75. The third-order valence-electron chi connectivity index (χ3n) is 7.64. The first-order valence-corrected chi connectivity index (χ1v) is 10.7. The molecule has 0 bridgehead atoms. The van der Waals surface area contributed by atoms with Crippen molar-refractivity contribution in [2.24, 2.45) is 11.3 Å². The second-order valence-electron chi connectivity index (χ2n) is 9.48. The van der Waals surface area contributed by atoms with Gasteiger partial charge >= 0.3 is 0 Å². The van der Waals surface area contributed by atoms with Gasteiger partial charge in [-0.3, -0.25) is 0 Å². The van der Waals surface area contributed by atoms with Crippen LogP contribution in [0.2, 0.25) is 5.15 Å². The summed E-state index contributed by atoms with van der Waals surface area (Å²) in [7, 11) is 0. The molecule has 3 aliphatic rings. The number of benzene rings is 1. The van der Waals surface area contributed by atoms with Crippen molar-refractivity contribution >= 4 is 22.4 Å². The molecule has 0 amide bonds. The maximum Gasteiger partial charge on any atom is 0.164 e. The van der Waals surface area contributed by atoms with Crippen LogP contribution in [0.4, 0.5) is 0 Å². The summed E-state index contributed by atoms with van der Waals surface area (Å²) in [6.07, 6.45) is 8.34. The average Bonchev–Trinajstić information content (AvgIpc) is 3.15. The normalized spacial score (nSPS) is 38.9. The van der Waals surface area contributed by atoms with Crippen LogP contribution < -0.4 is 0 Å². The van der Waals surface area contributed by atoms with Gasteiger partial charge in [0, 0.05) is 17.5 Å². The minimum atomic E-state index is -0.551. The zero-order valence-corrected chi connectivity index (χ0v) is 17.6. The number of nitrogens with zero attached hydrogens (tertiary/aromatic N) is 1. The van der Waals surface area contributed by atoms with E-state index in [1.807, 2.05) is 26.0 Å². The summed E-state index contributed by atoms with van der Waals surface area (Å²) < 4.78 is 12.9. The van der Waals surface area contributed by atoms with Crippen molar-refractivity contribution in [2.45, 2.75) is 69.9 Å². The molecule has 2 aromatic rings. The molecule has 1 aliphatic heterocycles. The number of hydrogen-bond donors (Lipinski definition) is 0. The summed E-state index contributed by atoms with van der Waals surface area (Å²) in [4.78, 5) is 4.27. The predicted molar refractivity (Wildman–Crippen MR) is 113 cm³/mol. The number of fused-ring (bicyclic) bond motifs is 4. The summed E-state index contributed by atoms with van der Waals surface area (Å²) in [5, 5.41) is 2.77. The van der Waals surface area contributed by atoms with Gasteiger partial charge in [-0.15, -0.1) is 6.58 Å². The number of pyridine rings is 1. The molecule has 3 nitrogen and oxygen atoms in total. The molecule has 3 fully saturated rings. The Hall–Kier alpha value is -1.42. The van der Waals surface area contributed by atoms with Crippen molar-refractivity contribution in [3.8, 4) is 0 Å². The third kappa shape index (κ3) is 2.46. The first-order valence-electron chi connectivity index (χ1n) is 10.3. The highest BCUT2D eigenvalue weighted by molar-refractivity contribution is 6.34. The molecule has 0 radical (unpaired) electrons. The smallest absolute Gasteiger partial charge is 0.164 e. The number of ether oxygens (including phenoxy) is 2. The van der Waals surface area contributed by atoms with Crippen molar-refractivity contribution < 1.29 is 9.47 Å². The minimum absolute atomic E-state index is 0.104. The van der Waals surface area contributed by atoms with Gasteiger partial charge < -0.3 is 9.47 Å². The van der Waals surface area contributed by atoms with E-state index >= 15 is 0 Å². The summed E-state index contributed by atoms with van der Waals surface area (Å²) in [5.74, 6) is 0.330. The molecule has 0 spiro atoms. The summed E-state index contributed by atoms with van der Waals surface area (Å²) >= 11 is 6.40. The van der Waals surface area contributed by atoms with Crippen LogP contribution in [-0.2, 0) is 9.47 Å². The molecule has 2 saturated carbocycles. The average molecular weight is 398 g/mol. The van der Waals surface area contributed by atoms with Gasteiger partial charge in [0.15, 0.2) is 5.79 Å². The van der Waals surface area contributed by atoms with E-state index in [1.54, 1.807) is 6.20 Å². The standard InChI is InChI=1S/C24H28ClNO2/c1-5-24-19-9-8-18(16-7-6-15-11-13-26-21(25)17(15)14-16)23(19,4)12-10-20(24)27-22(2,3)28-24/h5-7,11,13-14,18-20H,1,8-10,12H2,2-4H3/t18-,19-,20-,23-,24+/m1/s1. The second-order valence-corrected chi connectivity index (χ2v) is 9.83. The van der Waals surface area contributed by atoms with Crippen LogP contribution in [0.1, 0.15) is 57.9 Å². The topological polar surface area (TPSA) is 31.4 Å². The summed E-state index contributed by atoms with van der Waals surface area (Å²) in [6, 6.07) is 8.74. The maximum atomic E-state index is 6.57. The molecule has 1 aromatic heterocycles. The fourth-order valence-electron chi connectivity index (χ4n) is 6.53. The van der Waals surface area contributed by atoms with Crippen LogP contribution in [0.5, 0.6) is 0 Å². The van der Waals surface area contributed by atoms with Crippen molar-refractivity contribution in [1.82, 2.24) is 4.98 Å². The van der Waals surface area contributed by atoms with Crippen LogP contribution in [0.25, 0.3) is 10.8 Å². The van der Waals surface area contributed by atoms with Crippen LogP contribution >= 0.6 is 11.6 Å². The third-order valence-corrected chi connectivity index (χ3v) is 7.94. The Labute approximate surface area is 172 Å². The monoisotopic (exact) mass is 397 g/mol. The fraction of sp³-hybridized carbons (Fsp3) is 0.542. The lowest BCUT2D eigenvalue weighted by Gasteiger charge is -2.51. The maximum absolute atomic E-state index is 6.57. The molecule has 2 aliphatic carbocycles. The van der Waals surface area contributed by atoms with E-state index in [4.69, 9.17) is 21.1 Å². The van der Waals surface area contributed by atoms with Crippen molar-refractivity contribution in [3.63, 3.8) is 0 Å². The van der Waals surface area contributed by atoms with E-state index in [2.05, 4.69) is 36.7 Å². The number of halogens is 1. The Kier molecular flexibility index (Phi) is 4.01. The lowest BCUT2D eigenvalue weighted by atomic mass is 9.57. The highest BCUT2D eigenvalue weighted by atomic mass is 35.5. The second kappa shape index (κ2) is 6.04. The lowest BCUT2D eigenvalue weighted by molar-refractivity contribution is -0.167. The van der Waals surface area contributed by atoms with Crippen LogP contribution in [0, 0.1) is 11.3 Å². The first kappa shape index (κ1) is 18.6. The number of rotatable bonds is 2. The molecule has 4 heteroatoms. The number of hydrogen-bond acceptors (Lipinski definition) is 3. The number of aromatic nitrogens is 1. The van der Waals surface area contributed by atoms with Gasteiger partial charge in [-0.25, -0.2) is 4.98 Å². The van der Waals surface area contributed by atoms with Gasteiger partial charge in [-0.05, 0) is 73.9 Å². The van der Waals surface area contributed by atoms with Gasteiger partial charge in [0.05, 0.1) is 6.10 Å². The van der Waals surface area contributed by atoms with Gasteiger partial charge in [0.25, 0.3) is 0 Å². The Balaban J connectivity index is 1.57. The molecule has 5 rings (SSSR count). The Bertz CT molecular complexity index is 957. The zero-order valence-electron chi connectivity index (χ0n) is 16.9. The Morgan fingerprint density at radius 3 is 2.79 bits per heavy atom. The van der Waals surface area contributed by atoms with Crippen LogP contribution in [-0.4, -0.2) is 22.5 Å². The zero-order chi connectivity index (χ0) is 19.7. The Morgan fingerprint density at radius 2 is 2.00 bits per heavy atom. The first-order chi connectivity index (χ1) is 13.3. The molecule has 148 valence electrons. The molecule has 28 heavy (non-hydrogen) atoms. The van der Waals surface area contributed by atoms with Gasteiger partial charge in [0.2, 0.25) is 0 Å². The Morgan fingerprint density at radius 1 is 1.18 bits per heavy atom. The van der Waals surface area contributed by atoms with E-state index < -0.39 is 5.79 Å². The molecule has 1 aromatic carbocycles. The van der Waals surface area contributed by atoms with E-state index in [-0.39, 0.29) is 17.1 Å². The molecule has 0 N–H and O–H groups in total. The molecular weight excluding hydrogens is 370 g/mol. The molecule has 2 heterocycles. The molecular formula is C24H28ClNO2. The van der Waals surface area contributed by atoms with Gasteiger partial charge in [-0.1, -0.05) is 36.7 Å². The van der Waals surface area contributed by atoms with Gasteiger partial charge in [-0.2, -0.15) is 0 Å². The van der Waals surface area contributed by atoms with E-state index in [9.17, 15) is 0 Å². The largest absolute Gasteiger partial charge is 0.344 e. The van der Waals surface area contributed by atoms with Gasteiger partial charge in [0.1, 0.15) is 10.8 Å². The molecule has 0 unspecified atom stereocenters. The lowest BCUT2D eigenvalue weighted by Crippen LogP contribution is -2.54. The van der Waals surface area contributed by atoms with Crippen LogP contribution in [0.15, 0.2) is 43.1 Å². The van der Waals surface area contributed by atoms with E-state index in [1.165, 1.54) is 5.56 Å². The quantitative estimate of drug-likeness (QED) is 0.442. The summed E-state index contributed by atoms with van der Waals surface area (Å²) in [5.41, 5.74) is 1.13. The van der Waals surface area contributed by atoms with Crippen molar-refractivity contribution in [3.05, 3.63) is 53.8 Å². The minimum Gasteiger partial charge on any atom is -0.344 e. The van der Waals surface area contributed by atoms with Crippen molar-refractivity contribution in [2.75, 3.05) is 0 Å². The molecule has 1 saturated heterocycles. The molecule has 5 atom stereocenters. The van der Waals surface area contributed by atoms with E-state index in [0.717, 1.165) is 36.5 Å².